The van der Waals surface area contributed by atoms with E-state index in [1.165, 1.54) is 0 Å². The Morgan fingerprint density at radius 3 is 3.14 bits per heavy atom. The van der Waals surface area contributed by atoms with Crippen LogP contribution < -0.4 is 10.6 Å². The molecule has 1 aromatic heterocycles. The molecular weight excluding hydrogens is 268 g/mol. The van der Waals surface area contributed by atoms with Gasteiger partial charge in [-0.15, -0.1) is 5.10 Å². The molecule has 2 N–H and O–H groups in total. The molecule has 1 aliphatic rings. The maximum absolute atomic E-state index is 12.0. The lowest BCUT2D eigenvalue weighted by molar-refractivity contribution is -0.116. The van der Waals surface area contributed by atoms with Gasteiger partial charge in [-0.25, -0.2) is 0 Å². The molecule has 1 aromatic carbocycles. The van der Waals surface area contributed by atoms with Crippen LogP contribution in [0.4, 0.5) is 5.69 Å². The van der Waals surface area contributed by atoms with Crippen molar-refractivity contribution in [2.45, 2.75) is 32.2 Å². The van der Waals surface area contributed by atoms with Crippen molar-refractivity contribution in [2.24, 2.45) is 0 Å². The number of tetrazole rings is 1. The molecule has 1 unspecified atom stereocenters. The average Bonchev–Trinajstić information content (AvgIpc) is 3.10. The first-order valence-electron chi connectivity index (χ1n) is 7.11. The van der Waals surface area contributed by atoms with Gasteiger partial charge in [0.1, 0.15) is 0 Å². The van der Waals surface area contributed by atoms with E-state index in [4.69, 9.17) is 0 Å². The highest BCUT2D eigenvalue weighted by atomic mass is 16.1. The predicted molar refractivity (Wildman–Crippen MR) is 78.2 cm³/mol. The van der Waals surface area contributed by atoms with Gasteiger partial charge in [0, 0.05) is 18.2 Å². The van der Waals surface area contributed by atoms with Gasteiger partial charge in [-0.3, -0.25) is 4.79 Å². The number of anilines is 1. The number of carbonyl (C=O) groups is 1. The van der Waals surface area contributed by atoms with E-state index in [2.05, 4.69) is 26.2 Å². The van der Waals surface area contributed by atoms with E-state index in [1.54, 1.807) is 4.68 Å². The first-order valence-corrected chi connectivity index (χ1v) is 7.11. The number of hydrogen-bond donors (Lipinski definition) is 2. The van der Waals surface area contributed by atoms with Crippen molar-refractivity contribution in [2.75, 3.05) is 11.9 Å². The van der Waals surface area contributed by atoms with Gasteiger partial charge in [0.15, 0.2) is 5.82 Å². The third-order valence-corrected chi connectivity index (χ3v) is 3.59. The Hall–Kier alpha value is -2.28. The highest BCUT2D eigenvalue weighted by molar-refractivity contribution is 5.91. The number of rotatable bonds is 4. The van der Waals surface area contributed by atoms with E-state index in [1.807, 2.05) is 31.2 Å². The van der Waals surface area contributed by atoms with E-state index in [9.17, 15) is 4.79 Å². The Labute approximate surface area is 122 Å². The fourth-order valence-electron chi connectivity index (χ4n) is 2.55. The molecule has 1 atom stereocenters. The molecule has 1 saturated heterocycles. The first kappa shape index (κ1) is 13.7. The lowest BCUT2D eigenvalue weighted by atomic mass is 10.1. The van der Waals surface area contributed by atoms with E-state index in [0.29, 0.717) is 18.3 Å². The molecule has 1 fully saturated rings. The summed E-state index contributed by atoms with van der Waals surface area (Å²) >= 11 is 0. The summed E-state index contributed by atoms with van der Waals surface area (Å²) < 4.78 is 1.63. The Kier molecular flexibility index (Phi) is 3.92. The van der Waals surface area contributed by atoms with Crippen LogP contribution in [0, 0.1) is 6.92 Å². The SMILES string of the molecule is Cc1nnnn1-c1cccc(NC(=O)CC2CCCN2)c1. The molecule has 0 bridgehead atoms. The fourth-order valence-corrected chi connectivity index (χ4v) is 2.55. The molecule has 3 rings (SSSR count). The predicted octanol–water partition coefficient (Wildman–Crippen LogP) is 1.05. The van der Waals surface area contributed by atoms with Crippen molar-refractivity contribution in [1.29, 1.82) is 0 Å². The zero-order valence-electron chi connectivity index (χ0n) is 11.9. The minimum Gasteiger partial charge on any atom is -0.326 e. The zero-order valence-corrected chi connectivity index (χ0v) is 11.9. The van der Waals surface area contributed by atoms with Crippen molar-refractivity contribution in [1.82, 2.24) is 25.5 Å². The van der Waals surface area contributed by atoms with Gasteiger partial charge in [0.2, 0.25) is 5.91 Å². The molecule has 2 heterocycles. The molecule has 0 aliphatic carbocycles. The van der Waals surface area contributed by atoms with Crippen LogP contribution in [0.5, 0.6) is 0 Å². The number of aryl methyl sites for hydroxylation is 1. The van der Waals surface area contributed by atoms with Gasteiger partial charge in [-0.2, -0.15) is 4.68 Å². The van der Waals surface area contributed by atoms with Gasteiger partial charge >= 0.3 is 0 Å². The van der Waals surface area contributed by atoms with E-state index in [0.717, 1.165) is 30.8 Å². The number of aromatic nitrogens is 4. The van der Waals surface area contributed by atoms with Crippen LogP contribution in [-0.4, -0.2) is 38.7 Å². The van der Waals surface area contributed by atoms with Crippen molar-refractivity contribution < 1.29 is 4.79 Å². The summed E-state index contributed by atoms with van der Waals surface area (Å²) in [5.74, 6) is 0.730. The number of nitrogens with zero attached hydrogens (tertiary/aromatic N) is 4. The molecule has 0 saturated carbocycles. The van der Waals surface area contributed by atoms with Gasteiger partial charge in [-0.05, 0) is 54.9 Å². The molecule has 2 aromatic rings. The van der Waals surface area contributed by atoms with Crippen LogP contribution >= 0.6 is 0 Å². The summed E-state index contributed by atoms with van der Waals surface area (Å²) in [6, 6.07) is 7.80. The molecule has 21 heavy (non-hydrogen) atoms. The first-order chi connectivity index (χ1) is 10.2. The summed E-state index contributed by atoms with van der Waals surface area (Å²) in [4.78, 5) is 12.0. The second-order valence-electron chi connectivity index (χ2n) is 5.23. The number of carbonyl (C=O) groups excluding carboxylic acids is 1. The summed E-state index contributed by atoms with van der Waals surface area (Å²) in [5, 5.41) is 17.7. The van der Waals surface area contributed by atoms with Crippen LogP contribution in [0.1, 0.15) is 25.1 Å². The molecular formula is C14H18N6O. The number of benzene rings is 1. The van der Waals surface area contributed by atoms with Crippen molar-refractivity contribution in [3.8, 4) is 5.69 Å². The van der Waals surface area contributed by atoms with E-state index in [-0.39, 0.29) is 5.91 Å². The average molecular weight is 286 g/mol. The molecule has 1 aliphatic heterocycles. The summed E-state index contributed by atoms with van der Waals surface area (Å²) in [6.07, 6.45) is 2.72. The van der Waals surface area contributed by atoms with E-state index >= 15 is 0 Å². The maximum atomic E-state index is 12.0. The van der Waals surface area contributed by atoms with Crippen molar-refractivity contribution in [3.63, 3.8) is 0 Å². The number of hydrogen-bond acceptors (Lipinski definition) is 5. The standard InChI is InChI=1S/C14H18N6O/c1-10-17-18-19-20(10)13-6-2-4-12(8-13)16-14(21)9-11-5-3-7-15-11/h2,4,6,8,11,15H,3,5,7,9H2,1H3,(H,16,21). The topological polar surface area (TPSA) is 84.7 Å². The Morgan fingerprint density at radius 2 is 2.43 bits per heavy atom. The summed E-state index contributed by atoms with van der Waals surface area (Å²) in [7, 11) is 0. The van der Waals surface area contributed by atoms with Gasteiger partial charge in [0.25, 0.3) is 0 Å². The Balaban J connectivity index is 1.68. The molecule has 7 nitrogen and oxygen atoms in total. The molecule has 0 radical (unpaired) electrons. The molecule has 7 heteroatoms. The quantitative estimate of drug-likeness (QED) is 0.877. The second kappa shape index (κ2) is 6.01. The lowest BCUT2D eigenvalue weighted by Crippen LogP contribution is -2.27. The minimum absolute atomic E-state index is 0.0278. The second-order valence-corrected chi connectivity index (χ2v) is 5.23. The third-order valence-electron chi connectivity index (χ3n) is 3.59. The summed E-state index contributed by atoms with van der Waals surface area (Å²) in [5.41, 5.74) is 1.58. The summed E-state index contributed by atoms with van der Waals surface area (Å²) in [6.45, 7) is 2.84. The Morgan fingerprint density at radius 1 is 1.52 bits per heavy atom. The minimum atomic E-state index is 0.0278. The highest BCUT2D eigenvalue weighted by Gasteiger charge is 2.17. The van der Waals surface area contributed by atoms with Gasteiger partial charge in [-0.1, -0.05) is 6.07 Å². The number of amides is 1. The lowest BCUT2D eigenvalue weighted by Gasteiger charge is -2.11. The van der Waals surface area contributed by atoms with Crippen LogP contribution in [0.2, 0.25) is 0 Å². The van der Waals surface area contributed by atoms with Crippen LogP contribution in [0.3, 0.4) is 0 Å². The zero-order chi connectivity index (χ0) is 14.7. The van der Waals surface area contributed by atoms with E-state index < -0.39 is 0 Å². The molecule has 1 amide bonds. The molecule has 0 spiro atoms. The Bertz CT molecular complexity index is 632. The van der Waals surface area contributed by atoms with Crippen LogP contribution in [-0.2, 0) is 4.79 Å². The molecule has 110 valence electrons. The highest BCUT2D eigenvalue weighted by Crippen LogP contribution is 2.16. The van der Waals surface area contributed by atoms with Gasteiger partial charge < -0.3 is 10.6 Å². The van der Waals surface area contributed by atoms with Crippen LogP contribution in [0.15, 0.2) is 24.3 Å². The number of nitrogens with one attached hydrogen (secondary N) is 2. The fraction of sp³-hybridized carbons (Fsp3) is 0.429. The maximum Gasteiger partial charge on any atom is 0.225 e. The van der Waals surface area contributed by atoms with Crippen molar-refractivity contribution >= 4 is 11.6 Å². The monoisotopic (exact) mass is 286 g/mol. The normalized spacial score (nSPS) is 17.9. The third kappa shape index (κ3) is 3.25. The van der Waals surface area contributed by atoms with Gasteiger partial charge in [0.05, 0.1) is 5.69 Å². The smallest absolute Gasteiger partial charge is 0.225 e. The van der Waals surface area contributed by atoms with Crippen LogP contribution in [0.25, 0.3) is 5.69 Å². The van der Waals surface area contributed by atoms with Crippen molar-refractivity contribution in [3.05, 3.63) is 30.1 Å². The largest absolute Gasteiger partial charge is 0.326 e.